The minimum Gasteiger partial charge on any atom is -0.330 e. The van der Waals surface area contributed by atoms with E-state index in [1.54, 1.807) is 11.1 Å². The van der Waals surface area contributed by atoms with E-state index < -0.39 is 0 Å². The molecule has 24 heavy (non-hydrogen) atoms. The molecule has 1 unspecified atom stereocenters. The molecule has 1 atom stereocenters. The molecule has 0 aromatic heterocycles. The Balaban J connectivity index is 1.77. The van der Waals surface area contributed by atoms with Gasteiger partial charge in [-0.2, -0.15) is 0 Å². The normalized spacial score (nSPS) is 15.8. The van der Waals surface area contributed by atoms with Crippen LogP contribution in [0, 0.1) is 0 Å². The first-order valence-electron chi connectivity index (χ1n) is 9.38. The molecule has 1 aliphatic rings. The van der Waals surface area contributed by atoms with Crippen molar-refractivity contribution in [3.8, 4) is 0 Å². The Hall–Kier alpha value is -1.60. The predicted octanol–water partition coefficient (Wildman–Crippen LogP) is 5.15. The van der Waals surface area contributed by atoms with Crippen LogP contribution in [0.2, 0.25) is 0 Å². The third kappa shape index (κ3) is 3.89. The molecule has 128 valence electrons. The van der Waals surface area contributed by atoms with Gasteiger partial charge in [0.2, 0.25) is 0 Å². The third-order valence-corrected chi connectivity index (χ3v) is 5.43. The number of aryl methyl sites for hydroxylation is 2. The van der Waals surface area contributed by atoms with E-state index in [4.69, 9.17) is 5.73 Å². The molecule has 0 aliphatic heterocycles. The van der Waals surface area contributed by atoms with E-state index in [0.717, 1.165) is 6.42 Å². The van der Waals surface area contributed by atoms with Gasteiger partial charge in [0.15, 0.2) is 0 Å². The standard InChI is InChI=1S/C23H31N/c1-23(2,3)22-12-8-17(9-13-22)14-21(16-24)20-11-10-18-6-4-5-7-19(18)15-20/h8-13,15,21H,4-7,14,16,24H2,1-3H3. The van der Waals surface area contributed by atoms with Crippen molar-refractivity contribution >= 4 is 0 Å². The van der Waals surface area contributed by atoms with Crippen molar-refractivity contribution in [2.24, 2.45) is 5.73 Å². The van der Waals surface area contributed by atoms with Crippen LogP contribution in [-0.4, -0.2) is 6.54 Å². The highest BCUT2D eigenvalue weighted by atomic mass is 14.5. The summed E-state index contributed by atoms with van der Waals surface area (Å²) in [5, 5.41) is 0. The van der Waals surface area contributed by atoms with Gasteiger partial charge in [0.25, 0.3) is 0 Å². The zero-order chi connectivity index (χ0) is 17.2. The summed E-state index contributed by atoms with van der Waals surface area (Å²) < 4.78 is 0. The molecule has 0 saturated heterocycles. The van der Waals surface area contributed by atoms with Crippen LogP contribution in [-0.2, 0) is 24.7 Å². The van der Waals surface area contributed by atoms with E-state index in [1.807, 2.05) is 0 Å². The van der Waals surface area contributed by atoms with Gasteiger partial charge in [0.05, 0.1) is 0 Å². The van der Waals surface area contributed by atoms with Crippen molar-refractivity contribution in [2.45, 2.75) is 64.2 Å². The molecular weight excluding hydrogens is 290 g/mol. The Bertz CT molecular complexity index is 676. The fraction of sp³-hybridized carbons (Fsp3) is 0.478. The highest BCUT2D eigenvalue weighted by Crippen LogP contribution is 2.28. The Kier molecular flexibility index (Phi) is 5.10. The SMILES string of the molecule is CC(C)(C)c1ccc(CC(CN)c2ccc3c(c2)CCCC3)cc1. The summed E-state index contributed by atoms with van der Waals surface area (Å²) >= 11 is 0. The number of benzene rings is 2. The van der Waals surface area contributed by atoms with Gasteiger partial charge in [0.1, 0.15) is 0 Å². The maximum absolute atomic E-state index is 6.13. The Morgan fingerprint density at radius 3 is 2.21 bits per heavy atom. The van der Waals surface area contributed by atoms with Crippen LogP contribution in [0.3, 0.4) is 0 Å². The second kappa shape index (κ2) is 7.11. The third-order valence-electron chi connectivity index (χ3n) is 5.43. The molecule has 2 aromatic carbocycles. The van der Waals surface area contributed by atoms with Gasteiger partial charge in [-0.1, -0.05) is 63.2 Å². The number of hydrogen-bond donors (Lipinski definition) is 1. The zero-order valence-corrected chi connectivity index (χ0v) is 15.4. The molecular formula is C23H31N. The van der Waals surface area contributed by atoms with Crippen LogP contribution in [0.25, 0.3) is 0 Å². The fourth-order valence-electron chi connectivity index (χ4n) is 3.77. The number of fused-ring (bicyclic) bond motifs is 1. The van der Waals surface area contributed by atoms with Gasteiger partial charge >= 0.3 is 0 Å². The molecule has 0 saturated carbocycles. The van der Waals surface area contributed by atoms with Crippen LogP contribution in [0.5, 0.6) is 0 Å². The Morgan fingerprint density at radius 2 is 1.58 bits per heavy atom. The Labute approximate surface area is 147 Å². The molecule has 1 aliphatic carbocycles. The lowest BCUT2D eigenvalue weighted by Crippen LogP contribution is -2.16. The quantitative estimate of drug-likeness (QED) is 0.828. The summed E-state index contributed by atoms with van der Waals surface area (Å²) in [5.41, 5.74) is 13.6. The van der Waals surface area contributed by atoms with E-state index >= 15 is 0 Å². The number of rotatable bonds is 4. The summed E-state index contributed by atoms with van der Waals surface area (Å²) in [6, 6.07) is 16.2. The van der Waals surface area contributed by atoms with Crippen molar-refractivity contribution in [3.63, 3.8) is 0 Å². The lowest BCUT2D eigenvalue weighted by molar-refractivity contribution is 0.589. The van der Waals surface area contributed by atoms with E-state index in [0.29, 0.717) is 12.5 Å². The number of hydrogen-bond acceptors (Lipinski definition) is 1. The minimum absolute atomic E-state index is 0.213. The largest absolute Gasteiger partial charge is 0.330 e. The van der Waals surface area contributed by atoms with Gasteiger partial charge in [-0.25, -0.2) is 0 Å². The molecule has 0 fully saturated rings. The zero-order valence-electron chi connectivity index (χ0n) is 15.4. The van der Waals surface area contributed by atoms with Gasteiger partial charge in [0, 0.05) is 5.92 Å². The van der Waals surface area contributed by atoms with Crippen LogP contribution < -0.4 is 5.73 Å². The summed E-state index contributed by atoms with van der Waals surface area (Å²) in [6.07, 6.45) is 6.18. The molecule has 0 spiro atoms. The molecule has 0 amide bonds. The van der Waals surface area contributed by atoms with Crippen LogP contribution >= 0.6 is 0 Å². The van der Waals surface area contributed by atoms with Crippen molar-refractivity contribution in [2.75, 3.05) is 6.54 Å². The summed E-state index contributed by atoms with van der Waals surface area (Å²) in [7, 11) is 0. The highest BCUT2D eigenvalue weighted by molar-refractivity contribution is 5.37. The smallest absolute Gasteiger partial charge is 0.000167 e. The maximum Gasteiger partial charge on any atom is 0.000167 e. The van der Waals surface area contributed by atoms with Gasteiger partial charge in [-0.05, 0) is 71.9 Å². The molecule has 2 aromatic rings. The predicted molar refractivity (Wildman–Crippen MR) is 104 cm³/mol. The van der Waals surface area contributed by atoms with Crippen molar-refractivity contribution < 1.29 is 0 Å². The molecule has 2 N–H and O–H groups in total. The first kappa shape index (κ1) is 17.2. The second-order valence-corrected chi connectivity index (χ2v) is 8.32. The molecule has 0 heterocycles. The van der Waals surface area contributed by atoms with Crippen molar-refractivity contribution in [3.05, 3.63) is 70.3 Å². The lowest BCUT2D eigenvalue weighted by atomic mass is 9.84. The van der Waals surface area contributed by atoms with E-state index in [-0.39, 0.29) is 5.41 Å². The summed E-state index contributed by atoms with van der Waals surface area (Å²) in [6.45, 7) is 7.49. The lowest BCUT2D eigenvalue weighted by Gasteiger charge is -2.22. The van der Waals surface area contributed by atoms with Gasteiger partial charge in [-0.15, -0.1) is 0 Å². The topological polar surface area (TPSA) is 26.0 Å². The molecule has 0 radical (unpaired) electrons. The fourth-order valence-corrected chi connectivity index (χ4v) is 3.77. The van der Waals surface area contributed by atoms with Gasteiger partial charge < -0.3 is 5.73 Å². The van der Waals surface area contributed by atoms with Crippen LogP contribution in [0.1, 0.15) is 67.3 Å². The first-order valence-corrected chi connectivity index (χ1v) is 9.38. The second-order valence-electron chi connectivity index (χ2n) is 8.32. The average Bonchev–Trinajstić information content (AvgIpc) is 2.59. The molecule has 0 bridgehead atoms. The monoisotopic (exact) mass is 321 g/mol. The number of nitrogens with two attached hydrogens (primary N) is 1. The maximum atomic E-state index is 6.13. The average molecular weight is 322 g/mol. The molecule has 3 rings (SSSR count). The highest BCUT2D eigenvalue weighted by Gasteiger charge is 2.16. The summed E-state index contributed by atoms with van der Waals surface area (Å²) in [5.74, 6) is 0.415. The van der Waals surface area contributed by atoms with E-state index in [2.05, 4.69) is 63.2 Å². The van der Waals surface area contributed by atoms with Crippen LogP contribution in [0.4, 0.5) is 0 Å². The van der Waals surface area contributed by atoms with Gasteiger partial charge in [-0.3, -0.25) is 0 Å². The Morgan fingerprint density at radius 1 is 0.917 bits per heavy atom. The van der Waals surface area contributed by atoms with Crippen LogP contribution in [0.15, 0.2) is 42.5 Å². The first-order chi connectivity index (χ1) is 11.5. The van der Waals surface area contributed by atoms with E-state index in [1.165, 1.54) is 42.4 Å². The minimum atomic E-state index is 0.213. The van der Waals surface area contributed by atoms with Crippen molar-refractivity contribution in [1.82, 2.24) is 0 Å². The molecule has 1 heteroatoms. The van der Waals surface area contributed by atoms with Crippen molar-refractivity contribution in [1.29, 1.82) is 0 Å². The van der Waals surface area contributed by atoms with E-state index in [9.17, 15) is 0 Å². The summed E-state index contributed by atoms with van der Waals surface area (Å²) in [4.78, 5) is 0. The molecule has 1 nitrogen and oxygen atoms in total.